The third kappa shape index (κ3) is 1.01. The van der Waals surface area contributed by atoms with Crippen molar-refractivity contribution in [3.05, 3.63) is 29.8 Å². The third-order valence-corrected chi connectivity index (χ3v) is 2.46. The van der Waals surface area contributed by atoms with E-state index in [0.717, 1.165) is 11.3 Å². The Balaban J connectivity index is 2.47. The molecule has 3 heteroatoms. The topological polar surface area (TPSA) is 29.1 Å². The Bertz CT molecular complexity index is 324. The highest BCUT2D eigenvalue weighted by Crippen LogP contribution is 2.32. The molecule has 0 bridgehead atoms. The van der Waals surface area contributed by atoms with E-state index in [1.807, 2.05) is 24.3 Å². The maximum Gasteiger partial charge on any atom is 0.232 e. The lowest BCUT2D eigenvalue weighted by molar-refractivity contribution is -0.116. The maximum atomic E-state index is 11.3. The summed E-state index contributed by atoms with van der Waals surface area (Å²) in [6.45, 7) is 0. The van der Waals surface area contributed by atoms with E-state index in [9.17, 15) is 4.79 Å². The van der Waals surface area contributed by atoms with Gasteiger partial charge >= 0.3 is 0 Å². The molecule has 62 valence electrons. The van der Waals surface area contributed by atoms with Gasteiger partial charge in [-0.05, 0) is 11.6 Å². The fourth-order valence-electron chi connectivity index (χ4n) is 1.46. The fourth-order valence-corrected chi connectivity index (χ4v) is 1.82. The predicted molar refractivity (Wildman–Crippen MR) is 51.7 cm³/mol. The van der Waals surface area contributed by atoms with Crippen LogP contribution in [0.25, 0.3) is 0 Å². The van der Waals surface area contributed by atoms with Crippen molar-refractivity contribution in [2.45, 2.75) is 5.92 Å². The Morgan fingerprint density at radius 3 is 2.92 bits per heavy atom. The minimum atomic E-state index is -0.0652. The van der Waals surface area contributed by atoms with Gasteiger partial charge in [0.25, 0.3) is 0 Å². The Morgan fingerprint density at radius 2 is 2.17 bits per heavy atom. The van der Waals surface area contributed by atoms with Crippen molar-refractivity contribution in [3.63, 3.8) is 0 Å². The summed E-state index contributed by atoms with van der Waals surface area (Å²) in [5, 5.41) is 2.81. The van der Waals surface area contributed by atoms with Gasteiger partial charge in [0.2, 0.25) is 5.91 Å². The molecule has 1 amide bonds. The summed E-state index contributed by atoms with van der Waals surface area (Å²) < 4.78 is 0. The first-order valence-corrected chi connectivity index (χ1v) is 4.47. The third-order valence-electron chi connectivity index (χ3n) is 2.09. The first kappa shape index (κ1) is 7.68. The number of carbonyl (C=O) groups is 1. The van der Waals surface area contributed by atoms with Gasteiger partial charge in [-0.1, -0.05) is 18.2 Å². The van der Waals surface area contributed by atoms with E-state index in [1.165, 1.54) is 0 Å². The number of anilines is 1. The van der Waals surface area contributed by atoms with Crippen LogP contribution in [0.3, 0.4) is 0 Å². The van der Waals surface area contributed by atoms with Crippen molar-refractivity contribution >= 4 is 24.2 Å². The molecule has 2 nitrogen and oxygen atoms in total. The highest BCUT2D eigenvalue weighted by atomic mass is 32.1. The molecule has 1 unspecified atom stereocenters. The van der Waals surface area contributed by atoms with Gasteiger partial charge in [-0.2, -0.15) is 12.6 Å². The van der Waals surface area contributed by atoms with E-state index in [-0.39, 0.29) is 11.8 Å². The predicted octanol–water partition coefficient (Wildman–Crippen LogP) is 1.65. The van der Waals surface area contributed by atoms with Crippen LogP contribution in [0, 0.1) is 0 Å². The Kier molecular flexibility index (Phi) is 1.81. The molecule has 0 saturated heterocycles. The summed E-state index contributed by atoms with van der Waals surface area (Å²) in [4.78, 5) is 11.3. The molecule has 0 radical (unpaired) electrons. The minimum absolute atomic E-state index is 0.0613. The molecule has 1 N–H and O–H groups in total. The normalized spacial score (nSPS) is 20.4. The molecule has 1 aliphatic rings. The van der Waals surface area contributed by atoms with Crippen LogP contribution in [0.4, 0.5) is 5.69 Å². The van der Waals surface area contributed by atoms with Crippen molar-refractivity contribution in [1.82, 2.24) is 0 Å². The molecular formula is C9H9NOS. The molecule has 0 aliphatic carbocycles. The van der Waals surface area contributed by atoms with Crippen LogP contribution in [-0.4, -0.2) is 11.7 Å². The van der Waals surface area contributed by atoms with Crippen LogP contribution in [0.15, 0.2) is 24.3 Å². The fraction of sp³-hybridized carbons (Fsp3) is 0.222. The van der Waals surface area contributed by atoms with Gasteiger partial charge in [0.15, 0.2) is 0 Å². The number of para-hydroxylation sites is 1. The lowest BCUT2D eigenvalue weighted by atomic mass is 10.0. The van der Waals surface area contributed by atoms with Gasteiger partial charge < -0.3 is 5.32 Å². The second-order valence-electron chi connectivity index (χ2n) is 2.81. The lowest BCUT2D eigenvalue weighted by Gasteiger charge is -2.02. The molecule has 2 rings (SSSR count). The van der Waals surface area contributed by atoms with Crippen LogP contribution in [-0.2, 0) is 4.79 Å². The summed E-state index contributed by atoms with van der Waals surface area (Å²) in [5.74, 6) is 0.568. The monoisotopic (exact) mass is 179 g/mol. The van der Waals surface area contributed by atoms with E-state index in [0.29, 0.717) is 5.75 Å². The summed E-state index contributed by atoms with van der Waals surface area (Å²) >= 11 is 4.14. The van der Waals surface area contributed by atoms with Crippen molar-refractivity contribution in [1.29, 1.82) is 0 Å². The molecular weight excluding hydrogens is 170 g/mol. The SMILES string of the molecule is O=C1Nc2ccccc2C1CS. The van der Waals surface area contributed by atoms with Gasteiger partial charge in [-0.15, -0.1) is 0 Å². The summed E-state index contributed by atoms with van der Waals surface area (Å²) in [6.07, 6.45) is 0. The molecule has 1 atom stereocenters. The van der Waals surface area contributed by atoms with Gasteiger partial charge in [0.05, 0.1) is 5.92 Å². The molecule has 0 spiro atoms. The number of nitrogens with one attached hydrogen (secondary N) is 1. The van der Waals surface area contributed by atoms with E-state index in [4.69, 9.17) is 0 Å². The number of hydrogen-bond donors (Lipinski definition) is 2. The molecule has 1 aliphatic heterocycles. The van der Waals surface area contributed by atoms with Gasteiger partial charge in [-0.3, -0.25) is 4.79 Å². The van der Waals surface area contributed by atoms with Crippen molar-refractivity contribution in [2.75, 3.05) is 11.1 Å². The number of amides is 1. The highest BCUT2D eigenvalue weighted by Gasteiger charge is 2.28. The number of thiol groups is 1. The van der Waals surface area contributed by atoms with Gasteiger partial charge in [-0.25, -0.2) is 0 Å². The summed E-state index contributed by atoms with van der Waals surface area (Å²) in [5.41, 5.74) is 2.00. The maximum absolute atomic E-state index is 11.3. The van der Waals surface area contributed by atoms with E-state index in [1.54, 1.807) is 0 Å². The first-order chi connectivity index (χ1) is 5.83. The van der Waals surface area contributed by atoms with Crippen molar-refractivity contribution in [3.8, 4) is 0 Å². The van der Waals surface area contributed by atoms with Crippen molar-refractivity contribution < 1.29 is 4.79 Å². The van der Waals surface area contributed by atoms with Crippen LogP contribution < -0.4 is 5.32 Å². The largest absolute Gasteiger partial charge is 0.325 e. The summed E-state index contributed by atoms with van der Waals surface area (Å²) in [7, 11) is 0. The lowest BCUT2D eigenvalue weighted by Crippen LogP contribution is -2.12. The number of fused-ring (bicyclic) bond motifs is 1. The highest BCUT2D eigenvalue weighted by molar-refractivity contribution is 7.80. The molecule has 12 heavy (non-hydrogen) atoms. The zero-order chi connectivity index (χ0) is 8.55. The quantitative estimate of drug-likeness (QED) is 0.631. The second-order valence-corrected chi connectivity index (χ2v) is 3.18. The number of carbonyl (C=O) groups excluding carboxylic acids is 1. The van der Waals surface area contributed by atoms with Crippen molar-refractivity contribution in [2.24, 2.45) is 0 Å². The van der Waals surface area contributed by atoms with E-state index in [2.05, 4.69) is 17.9 Å². The molecule has 0 fully saturated rings. The minimum Gasteiger partial charge on any atom is -0.325 e. The molecule has 0 aromatic heterocycles. The Labute approximate surface area is 76.4 Å². The van der Waals surface area contributed by atoms with E-state index < -0.39 is 0 Å². The number of rotatable bonds is 1. The van der Waals surface area contributed by atoms with Crippen LogP contribution >= 0.6 is 12.6 Å². The molecule has 1 aromatic rings. The Hall–Kier alpha value is -0.960. The van der Waals surface area contributed by atoms with Crippen LogP contribution in [0.5, 0.6) is 0 Å². The standard InChI is InChI=1S/C9H9NOS/c11-9-7(5-12)6-3-1-2-4-8(6)10-9/h1-4,7,12H,5H2,(H,10,11). The van der Waals surface area contributed by atoms with E-state index >= 15 is 0 Å². The smallest absolute Gasteiger partial charge is 0.232 e. The molecule has 1 aromatic carbocycles. The zero-order valence-electron chi connectivity index (χ0n) is 6.45. The average Bonchev–Trinajstić information content (AvgIpc) is 2.40. The number of benzene rings is 1. The van der Waals surface area contributed by atoms with Crippen LogP contribution in [0.2, 0.25) is 0 Å². The first-order valence-electron chi connectivity index (χ1n) is 3.83. The average molecular weight is 179 g/mol. The van der Waals surface area contributed by atoms with Gasteiger partial charge in [0.1, 0.15) is 0 Å². The van der Waals surface area contributed by atoms with Gasteiger partial charge in [0, 0.05) is 11.4 Å². The second kappa shape index (κ2) is 2.83. The zero-order valence-corrected chi connectivity index (χ0v) is 7.34. The summed E-state index contributed by atoms with van der Waals surface area (Å²) in [6, 6.07) is 7.74. The number of hydrogen-bond acceptors (Lipinski definition) is 2. The Morgan fingerprint density at radius 1 is 1.42 bits per heavy atom. The molecule has 0 saturated carbocycles. The molecule has 1 heterocycles. The van der Waals surface area contributed by atoms with Crippen LogP contribution in [0.1, 0.15) is 11.5 Å².